The number of hydrogen-bond donors (Lipinski definition) is 2. The minimum atomic E-state index is -0.418. The molecule has 8 heteroatoms. The van der Waals surface area contributed by atoms with Gasteiger partial charge in [-0.25, -0.2) is 0 Å². The number of imide groups is 1. The summed E-state index contributed by atoms with van der Waals surface area (Å²) in [7, 11) is 1.52. The number of anilines is 2. The largest absolute Gasteiger partial charge is 0.493 e. The van der Waals surface area contributed by atoms with Crippen molar-refractivity contribution in [2.75, 3.05) is 37.5 Å². The molecule has 33 heavy (non-hydrogen) atoms. The zero-order valence-electron chi connectivity index (χ0n) is 19.3. The van der Waals surface area contributed by atoms with Gasteiger partial charge in [0.1, 0.15) is 11.4 Å². The first-order chi connectivity index (χ1) is 15.8. The lowest BCUT2D eigenvalue weighted by molar-refractivity contribution is -0.137. The molecule has 174 valence electrons. The summed E-state index contributed by atoms with van der Waals surface area (Å²) < 4.78 is 10.8. The fourth-order valence-electron chi connectivity index (χ4n) is 3.31. The van der Waals surface area contributed by atoms with Gasteiger partial charge in [0.2, 0.25) is 5.91 Å². The summed E-state index contributed by atoms with van der Waals surface area (Å²) in [5, 5.41) is 5.79. The molecule has 0 saturated heterocycles. The number of benzene rings is 2. The Labute approximate surface area is 193 Å². The van der Waals surface area contributed by atoms with Crippen LogP contribution in [-0.4, -0.2) is 49.5 Å². The highest BCUT2D eigenvalue weighted by atomic mass is 16.5. The van der Waals surface area contributed by atoms with Crippen LogP contribution in [0.4, 0.5) is 11.4 Å². The Bertz CT molecular complexity index is 1040. The number of ether oxygens (including phenoxy) is 2. The number of nitrogens with zero attached hydrogens (tertiary/aromatic N) is 1. The van der Waals surface area contributed by atoms with Crippen LogP contribution >= 0.6 is 0 Å². The molecule has 0 spiro atoms. The number of amides is 3. The maximum atomic E-state index is 13.2. The normalized spacial score (nSPS) is 13.7. The van der Waals surface area contributed by atoms with Crippen LogP contribution in [0.1, 0.15) is 26.3 Å². The summed E-state index contributed by atoms with van der Waals surface area (Å²) in [5.41, 5.74) is 2.34. The predicted molar refractivity (Wildman–Crippen MR) is 127 cm³/mol. The van der Waals surface area contributed by atoms with Crippen LogP contribution in [0.25, 0.3) is 5.57 Å². The van der Waals surface area contributed by atoms with Crippen molar-refractivity contribution in [2.24, 2.45) is 5.92 Å². The minimum absolute atomic E-state index is 0.153. The van der Waals surface area contributed by atoms with Gasteiger partial charge in [0.05, 0.1) is 25.3 Å². The Morgan fingerprint density at radius 1 is 0.970 bits per heavy atom. The van der Waals surface area contributed by atoms with Crippen LogP contribution in [0.5, 0.6) is 5.75 Å². The number of methoxy groups -OCH3 is 1. The highest BCUT2D eigenvalue weighted by molar-refractivity contribution is 6.36. The molecule has 2 N–H and O–H groups in total. The maximum absolute atomic E-state index is 13.2. The van der Waals surface area contributed by atoms with Crippen molar-refractivity contribution in [1.82, 2.24) is 4.90 Å². The molecule has 0 unspecified atom stereocenters. The lowest BCUT2D eigenvalue weighted by atomic mass is 10.0. The SMILES string of the molecule is COCCN1C(=O)C(Nc2ccc(NC(C)=O)cc2)=C(c2ccc(OCC(C)C)cc2)C1=O. The van der Waals surface area contributed by atoms with Crippen molar-refractivity contribution < 1.29 is 23.9 Å². The van der Waals surface area contributed by atoms with Crippen molar-refractivity contribution in [3.63, 3.8) is 0 Å². The van der Waals surface area contributed by atoms with Crippen LogP contribution < -0.4 is 15.4 Å². The van der Waals surface area contributed by atoms with E-state index in [1.54, 1.807) is 48.5 Å². The number of rotatable bonds is 10. The molecule has 1 aliphatic heterocycles. The van der Waals surface area contributed by atoms with E-state index < -0.39 is 5.91 Å². The predicted octanol–water partition coefficient (Wildman–Crippen LogP) is 3.52. The number of nitrogens with one attached hydrogen (secondary N) is 2. The van der Waals surface area contributed by atoms with E-state index in [0.29, 0.717) is 35.2 Å². The Balaban J connectivity index is 1.91. The van der Waals surface area contributed by atoms with Gasteiger partial charge in [-0.1, -0.05) is 26.0 Å². The molecule has 0 atom stereocenters. The standard InChI is InChI=1S/C25H29N3O5/c1-16(2)15-33-21-11-5-18(6-12-21)22-23(25(31)28(24(22)30)13-14-32-4)27-20-9-7-19(8-10-20)26-17(3)29/h5-12,16,27H,13-15H2,1-4H3,(H,26,29). The fraction of sp³-hybridized carbons (Fsp3) is 0.320. The second-order valence-electron chi connectivity index (χ2n) is 8.12. The molecule has 0 aromatic heterocycles. The van der Waals surface area contributed by atoms with Gasteiger partial charge < -0.3 is 20.1 Å². The second-order valence-corrected chi connectivity index (χ2v) is 8.12. The second kappa shape index (κ2) is 10.8. The van der Waals surface area contributed by atoms with Crippen LogP contribution in [0.2, 0.25) is 0 Å². The van der Waals surface area contributed by atoms with Crippen molar-refractivity contribution >= 4 is 34.7 Å². The zero-order valence-corrected chi connectivity index (χ0v) is 19.3. The summed E-state index contributed by atoms with van der Waals surface area (Å²) >= 11 is 0. The Hall–Kier alpha value is -3.65. The van der Waals surface area contributed by atoms with E-state index in [2.05, 4.69) is 24.5 Å². The first kappa shape index (κ1) is 24.0. The molecule has 1 aliphatic rings. The minimum Gasteiger partial charge on any atom is -0.493 e. The molecule has 0 radical (unpaired) electrons. The molecule has 0 aliphatic carbocycles. The molecular formula is C25H29N3O5. The topological polar surface area (TPSA) is 97.0 Å². The third kappa shape index (κ3) is 5.98. The van der Waals surface area contributed by atoms with Gasteiger partial charge in [0.25, 0.3) is 11.8 Å². The van der Waals surface area contributed by atoms with Crippen molar-refractivity contribution in [3.8, 4) is 5.75 Å². The van der Waals surface area contributed by atoms with E-state index in [0.717, 1.165) is 0 Å². The summed E-state index contributed by atoms with van der Waals surface area (Å²) in [5.74, 6) is 0.114. The Kier molecular flexibility index (Phi) is 7.84. The molecule has 3 amide bonds. The van der Waals surface area contributed by atoms with Crippen molar-refractivity contribution in [3.05, 3.63) is 59.8 Å². The van der Waals surface area contributed by atoms with Crippen LogP contribution in [-0.2, 0) is 19.1 Å². The molecule has 0 saturated carbocycles. The maximum Gasteiger partial charge on any atom is 0.278 e. The summed E-state index contributed by atoms with van der Waals surface area (Å²) in [6.45, 7) is 6.55. The van der Waals surface area contributed by atoms with E-state index in [-0.39, 0.29) is 36.2 Å². The number of carbonyl (C=O) groups excluding carboxylic acids is 3. The van der Waals surface area contributed by atoms with Gasteiger partial charge in [0, 0.05) is 25.4 Å². The zero-order chi connectivity index (χ0) is 24.0. The molecule has 8 nitrogen and oxygen atoms in total. The third-order valence-electron chi connectivity index (χ3n) is 4.89. The summed E-state index contributed by atoms with van der Waals surface area (Å²) in [6.07, 6.45) is 0. The summed E-state index contributed by atoms with van der Waals surface area (Å²) in [6, 6.07) is 14.0. The Morgan fingerprint density at radius 2 is 1.61 bits per heavy atom. The molecule has 0 fully saturated rings. The third-order valence-corrected chi connectivity index (χ3v) is 4.89. The van der Waals surface area contributed by atoms with E-state index in [1.807, 2.05) is 0 Å². The first-order valence-electron chi connectivity index (χ1n) is 10.8. The van der Waals surface area contributed by atoms with Gasteiger partial charge in [-0.2, -0.15) is 0 Å². The van der Waals surface area contributed by atoms with Gasteiger partial charge in [-0.05, 0) is 47.9 Å². The highest BCUT2D eigenvalue weighted by Crippen LogP contribution is 2.31. The van der Waals surface area contributed by atoms with Crippen LogP contribution in [0.3, 0.4) is 0 Å². The van der Waals surface area contributed by atoms with E-state index >= 15 is 0 Å². The van der Waals surface area contributed by atoms with E-state index in [1.165, 1.54) is 18.9 Å². The number of carbonyl (C=O) groups is 3. The first-order valence-corrected chi connectivity index (χ1v) is 10.8. The molecule has 3 rings (SSSR count). The average molecular weight is 452 g/mol. The Morgan fingerprint density at radius 3 is 2.18 bits per heavy atom. The summed E-state index contributed by atoms with van der Waals surface area (Å²) in [4.78, 5) is 38.7. The van der Waals surface area contributed by atoms with Gasteiger partial charge in [0.15, 0.2) is 0 Å². The monoisotopic (exact) mass is 451 g/mol. The smallest absolute Gasteiger partial charge is 0.278 e. The number of hydrogen-bond acceptors (Lipinski definition) is 6. The molecule has 1 heterocycles. The van der Waals surface area contributed by atoms with Gasteiger partial charge >= 0.3 is 0 Å². The highest BCUT2D eigenvalue weighted by Gasteiger charge is 2.39. The average Bonchev–Trinajstić information content (AvgIpc) is 3.01. The van der Waals surface area contributed by atoms with E-state index in [9.17, 15) is 14.4 Å². The lowest BCUT2D eigenvalue weighted by Crippen LogP contribution is -2.35. The molecule has 2 aromatic rings. The van der Waals surface area contributed by atoms with Crippen LogP contribution in [0, 0.1) is 5.92 Å². The van der Waals surface area contributed by atoms with Gasteiger partial charge in [-0.15, -0.1) is 0 Å². The van der Waals surface area contributed by atoms with E-state index in [4.69, 9.17) is 9.47 Å². The molecule has 2 aromatic carbocycles. The lowest BCUT2D eigenvalue weighted by Gasteiger charge is -2.14. The molecule has 0 bridgehead atoms. The van der Waals surface area contributed by atoms with Crippen molar-refractivity contribution in [1.29, 1.82) is 0 Å². The van der Waals surface area contributed by atoms with Crippen LogP contribution in [0.15, 0.2) is 54.2 Å². The molecular weight excluding hydrogens is 422 g/mol. The van der Waals surface area contributed by atoms with Gasteiger partial charge in [-0.3, -0.25) is 19.3 Å². The fourth-order valence-corrected chi connectivity index (χ4v) is 3.31. The quantitative estimate of drug-likeness (QED) is 0.537. The van der Waals surface area contributed by atoms with Crippen molar-refractivity contribution in [2.45, 2.75) is 20.8 Å².